The molecule has 0 atom stereocenters. The summed E-state index contributed by atoms with van der Waals surface area (Å²) in [6.07, 6.45) is 1.02. The van der Waals surface area contributed by atoms with Crippen LogP contribution in [0.25, 0.3) is 11.1 Å². The van der Waals surface area contributed by atoms with Gasteiger partial charge in [0.05, 0.1) is 0 Å². The van der Waals surface area contributed by atoms with E-state index < -0.39 is 0 Å². The van der Waals surface area contributed by atoms with Gasteiger partial charge in [-0.1, -0.05) is 58.9 Å². The first-order chi connectivity index (χ1) is 9.93. The summed E-state index contributed by atoms with van der Waals surface area (Å²) in [6, 6.07) is 12.8. The zero-order valence-corrected chi connectivity index (χ0v) is 13.8. The molecule has 0 bridgehead atoms. The van der Waals surface area contributed by atoms with Gasteiger partial charge in [-0.15, -0.1) is 0 Å². The Balaban J connectivity index is 2.59. The van der Waals surface area contributed by atoms with Crippen LogP contribution in [-0.2, 0) is 6.42 Å². The smallest absolute Gasteiger partial charge is 0.119 e. The monoisotopic (exact) mass is 282 g/mol. The first kappa shape index (κ1) is 15.6. The van der Waals surface area contributed by atoms with Crippen molar-refractivity contribution in [2.75, 3.05) is 0 Å². The van der Waals surface area contributed by atoms with Gasteiger partial charge in [-0.05, 0) is 58.2 Å². The van der Waals surface area contributed by atoms with Crippen LogP contribution in [0, 0.1) is 0 Å². The standard InChI is InChI=1S/C20H26O/c1-6-15-7-8-16(13(2)3)11-19(15)17-9-10-20(21)18(12-17)14(4)5/h7-14,21H,6H2,1-5H3. The summed E-state index contributed by atoms with van der Waals surface area (Å²) in [6.45, 7) is 10.9. The highest BCUT2D eigenvalue weighted by Gasteiger charge is 2.11. The molecule has 0 spiro atoms. The zero-order chi connectivity index (χ0) is 15.6. The van der Waals surface area contributed by atoms with E-state index in [0.717, 1.165) is 12.0 Å². The average molecular weight is 282 g/mol. The second kappa shape index (κ2) is 6.34. The van der Waals surface area contributed by atoms with Crippen LogP contribution in [0.15, 0.2) is 36.4 Å². The van der Waals surface area contributed by atoms with Gasteiger partial charge in [-0.2, -0.15) is 0 Å². The van der Waals surface area contributed by atoms with Gasteiger partial charge in [-0.25, -0.2) is 0 Å². The highest BCUT2D eigenvalue weighted by Crippen LogP contribution is 2.33. The fourth-order valence-corrected chi connectivity index (χ4v) is 2.71. The number of phenols is 1. The topological polar surface area (TPSA) is 20.2 Å². The maximum absolute atomic E-state index is 10.0. The molecule has 1 N–H and O–H groups in total. The number of hydrogen-bond acceptors (Lipinski definition) is 1. The van der Waals surface area contributed by atoms with Crippen LogP contribution in [0.3, 0.4) is 0 Å². The van der Waals surface area contributed by atoms with E-state index in [9.17, 15) is 5.11 Å². The molecule has 0 radical (unpaired) electrons. The molecule has 21 heavy (non-hydrogen) atoms. The maximum atomic E-state index is 10.0. The normalized spacial score (nSPS) is 11.4. The second-order valence-electron chi connectivity index (χ2n) is 6.35. The molecule has 112 valence electrons. The van der Waals surface area contributed by atoms with Crippen molar-refractivity contribution in [1.29, 1.82) is 0 Å². The summed E-state index contributed by atoms with van der Waals surface area (Å²) in [5.74, 6) is 1.24. The van der Waals surface area contributed by atoms with Crippen molar-refractivity contribution in [1.82, 2.24) is 0 Å². The molecule has 1 nitrogen and oxygen atoms in total. The Morgan fingerprint density at radius 2 is 1.62 bits per heavy atom. The van der Waals surface area contributed by atoms with Crippen molar-refractivity contribution in [3.05, 3.63) is 53.1 Å². The first-order valence-corrected chi connectivity index (χ1v) is 7.90. The van der Waals surface area contributed by atoms with Gasteiger partial charge in [0.25, 0.3) is 0 Å². The maximum Gasteiger partial charge on any atom is 0.119 e. The molecule has 0 amide bonds. The van der Waals surface area contributed by atoms with Crippen molar-refractivity contribution in [3.63, 3.8) is 0 Å². The summed E-state index contributed by atoms with van der Waals surface area (Å²) in [5.41, 5.74) is 6.24. The molecule has 1 heteroatoms. The van der Waals surface area contributed by atoms with Crippen LogP contribution in [0.1, 0.15) is 63.1 Å². The minimum absolute atomic E-state index is 0.323. The van der Waals surface area contributed by atoms with Crippen molar-refractivity contribution >= 4 is 0 Å². The Bertz CT molecular complexity index is 624. The Hall–Kier alpha value is -1.76. The van der Waals surface area contributed by atoms with E-state index in [2.05, 4.69) is 58.9 Å². The van der Waals surface area contributed by atoms with Crippen LogP contribution in [0.2, 0.25) is 0 Å². The minimum Gasteiger partial charge on any atom is -0.508 e. The molecule has 0 aliphatic heterocycles. The first-order valence-electron chi connectivity index (χ1n) is 7.90. The largest absolute Gasteiger partial charge is 0.508 e. The predicted octanol–water partition coefficient (Wildman–Crippen LogP) is 5.87. The third kappa shape index (κ3) is 3.29. The van der Waals surface area contributed by atoms with Crippen LogP contribution < -0.4 is 0 Å². The van der Waals surface area contributed by atoms with E-state index in [4.69, 9.17) is 0 Å². The lowest BCUT2D eigenvalue weighted by atomic mass is 9.90. The van der Waals surface area contributed by atoms with Crippen LogP contribution in [0.4, 0.5) is 0 Å². The average Bonchev–Trinajstić information content (AvgIpc) is 2.46. The Morgan fingerprint density at radius 1 is 0.905 bits per heavy atom. The molecule has 0 aliphatic rings. The van der Waals surface area contributed by atoms with E-state index in [1.807, 2.05) is 12.1 Å². The second-order valence-corrected chi connectivity index (χ2v) is 6.35. The molecular weight excluding hydrogens is 256 g/mol. The predicted molar refractivity (Wildman–Crippen MR) is 91.1 cm³/mol. The van der Waals surface area contributed by atoms with Crippen LogP contribution in [0.5, 0.6) is 5.75 Å². The van der Waals surface area contributed by atoms with E-state index in [0.29, 0.717) is 17.6 Å². The molecule has 0 fully saturated rings. The molecule has 0 heterocycles. The molecule has 0 unspecified atom stereocenters. The van der Waals surface area contributed by atoms with Gasteiger partial charge in [0.2, 0.25) is 0 Å². The van der Waals surface area contributed by atoms with Gasteiger partial charge in [0.15, 0.2) is 0 Å². The molecule has 0 aliphatic carbocycles. The lowest BCUT2D eigenvalue weighted by molar-refractivity contribution is 0.465. The molecule has 0 saturated heterocycles. The van der Waals surface area contributed by atoms with Gasteiger partial charge in [0.1, 0.15) is 5.75 Å². The molecule has 2 rings (SSSR count). The fourth-order valence-electron chi connectivity index (χ4n) is 2.71. The summed E-state index contributed by atoms with van der Waals surface area (Å²) in [7, 11) is 0. The van der Waals surface area contributed by atoms with Gasteiger partial charge >= 0.3 is 0 Å². The molecule has 2 aromatic carbocycles. The molecule has 0 aromatic heterocycles. The highest BCUT2D eigenvalue weighted by atomic mass is 16.3. The lowest BCUT2D eigenvalue weighted by Crippen LogP contribution is -1.95. The van der Waals surface area contributed by atoms with Crippen LogP contribution >= 0.6 is 0 Å². The SMILES string of the molecule is CCc1ccc(C(C)C)cc1-c1ccc(O)c(C(C)C)c1. The summed E-state index contributed by atoms with van der Waals surface area (Å²) >= 11 is 0. The Kier molecular flexibility index (Phi) is 4.72. The number of phenolic OH excluding ortho intramolecular Hbond substituents is 1. The third-order valence-corrected chi connectivity index (χ3v) is 4.14. The zero-order valence-electron chi connectivity index (χ0n) is 13.8. The van der Waals surface area contributed by atoms with E-state index in [1.165, 1.54) is 22.3 Å². The third-order valence-electron chi connectivity index (χ3n) is 4.14. The van der Waals surface area contributed by atoms with Gasteiger partial charge in [-0.3, -0.25) is 0 Å². The summed E-state index contributed by atoms with van der Waals surface area (Å²) in [5, 5.41) is 10.0. The Labute approximate surface area is 128 Å². The quantitative estimate of drug-likeness (QED) is 0.743. The van der Waals surface area contributed by atoms with Crippen molar-refractivity contribution in [2.45, 2.75) is 52.9 Å². The summed E-state index contributed by atoms with van der Waals surface area (Å²) < 4.78 is 0. The number of aryl methyl sites for hydroxylation is 1. The number of rotatable bonds is 4. The van der Waals surface area contributed by atoms with E-state index in [1.54, 1.807) is 0 Å². The highest BCUT2D eigenvalue weighted by molar-refractivity contribution is 5.70. The van der Waals surface area contributed by atoms with Crippen molar-refractivity contribution in [2.24, 2.45) is 0 Å². The van der Waals surface area contributed by atoms with Crippen LogP contribution in [-0.4, -0.2) is 5.11 Å². The number of aromatic hydroxyl groups is 1. The van der Waals surface area contributed by atoms with Gasteiger partial charge in [0, 0.05) is 0 Å². The number of hydrogen-bond donors (Lipinski definition) is 1. The van der Waals surface area contributed by atoms with Gasteiger partial charge < -0.3 is 5.11 Å². The molecule has 0 saturated carbocycles. The molecule has 2 aromatic rings. The fraction of sp³-hybridized carbons (Fsp3) is 0.400. The van der Waals surface area contributed by atoms with E-state index >= 15 is 0 Å². The van der Waals surface area contributed by atoms with Crippen molar-refractivity contribution < 1.29 is 5.11 Å². The minimum atomic E-state index is 0.323. The van der Waals surface area contributed by atoms with Crippen molar-refractivity contribution in [3.8, 4) is 16.9 Å². The Morgan fingerprint density at radius 3 is 2.19 bits per heavy atom. The molecular formula is C20H26O. The van der Waals surface area contributed by atoms with E-state index in [-0.39, 0.29) is 0 Å². The summed E-state index contributed by atoms with van der Waals surface area (Å²) in [4.78, 5) is 0. The lowest BCUT2D eigenvalue weighted by Gasteiger charge is -2.15. The number of benzene rings is 2.